The van der Waals surface area contributed by atoms with E-state index in [0.717, 1.165) is 12.1 Å². The number of piperazine rings is 1. The number of hydrogen-bond acceptors (Lipinski definition) is 3. The van der Waals surface area contributed by atoms with Crippen LogP contribution in [0.2, 0.25) is 0 Å². The number of phenolic OH excluding ortho intramolecular Hbond substituents is 1. The highest BCUT2D eigenvalue weighted by atomic mass is 19.1. The zero-order valence-electron chi connectivity index (χ0n) is 10.5. The number of aromatic hydroxyl groups is 1. The van der Waals surface area contributed by atoms with E-state index in [2.05, 4.69) is 5.32 Å². The van der Waals surface area contributed by atoms with Crippen LogP contribution in [0, 0.1) is 5.82 Å². The van der Waals surface area contributed by atoms with Gasteiger partial charge >= 0.3 is 0 Å². The zero-order valence-corrected chi connectivity index (χ0v) is 10.5. The molecule has 0 aliphatic carbocycles. The number of carbonyl (C=O) groups is 1. The van der Waals surface area contributed by atoms with Gasteiger partial charge in [-0.15, -0.1) is 0 Å². The van der Waals surface area contributed by atoms with E-state index >= 15 is 0 Å². The molecule has 5 heteroatoms. The Bertz CT molecular complexity index is 474. The van der Waals surface area contributed by atoms with Crippen molar-refractivity contribution < 1.29 is 14.3 Å². The third-order valence-corrected chi connectivity index (χ3v) is 3.23. The minimum absolute atomic E-state index is 0.0185. The lowest BCUT2D eigenvalue weighted by Crippen LogP contribution is -2.59. The Kier molecular flexibility index (Phi) is 3.26. The van der Waals surface area contributed by atoms with Gasteiger partial charge in [-0.05, 0) is 32.0 Å². The molecule has 18 heavy (non-hydrogen) atoms. The standard InChI is InChI=1S/C13H17FN2O2/c1-13(2)8-15-5-6-16(13)12(18)10-7-9(14)3-4-11(10)17/h3-4,7,15,17H,5-6,8H2,1-2H3. The van der Waals surface area contributed by atoms with Crippen LogP contribution in [0.15, 0.2) is 18.2 Å². The summed E-state index contributed by atoms with van der Waals surface area (Å²) in [5.74, 6) is -1.04. The Morgan fingerprint density at radius 2 is 2.22 bits per heavy atom. The van der Waals surface area contributed by atoms with Crippen LogP contribution >= 0.6 is 0 Å². The fourth-order valence-corrected chi connectivity index (χ4v) is 2.18. The molecule has 2 rings (SSSR count). The molecule has 2 N–H and O–H groups in total. The van der Waals surface area contributed by atoms with Crippen LogP contribution in [0.1, 0.15) is 24.2 Å². The summed E-state index contributed by atoms with van der Waals surface area (Å²) < 4.78 is 13.2. The molecule has 1 heterocycles. The molecular formula is C13H17FN2O2. The molecule has 1 aliphatic heterocycles. The third-order valence-electron chi connectivity index (χ3n) is 3.23. The Morgan fingerprint density at radius 3 is 2.89 bits per heavy atom. The second-order valence-corrected chi connectivity index (χ2v) is 5.11. The number of nitrogens with zero attached hydrogens (tertiary/aromatic N) is 1. The van der Waals surface area contributed by atoms with Gasteiger partial charge in [-0.2, -0.15) is 0 Å². The van der Waals surface area contributed by atoms with Crippen LogP contribution in [0.3, 0.4) is 0 Å². The average Bonchev–Trinajstić information content (AvgIpc) is 2.31. The lowest BCUT2D eigenvalue weighted by molar-refractivity contribution is 0.0474. The van der Waals surface area contributed by atoms with Gasteiger partial charge in [0.15, 0.2) is 0 Å². The van der Waals surface area contributed by atoms with Gasteiger partial charge in [0.05, 0.1) is 11.1 Å². The topological polar surface area (TPSA) is 52.6 Å². The number of amides is 1. The molecular weight excluding hydrogens is 235 g/mol. The van der Waals surface area contributed by atoms with Crippen molar-refractivity contribution in [2.75, 3.05) is 19.6 Å². The Morgan fingerprint density at radius 1 is 1.50 bits per heavy atom. The first-order valence-corrected chi connectivity index (χ1v) is 5.93. The van der Waals surface area contributed by atoms with Crippen molar-refractivity contribution in [1.82, 2.24) is 10.2 Å². The first kappa shape index (κ1) is 12.8. The van der Waals surface area contributed by atoms with E-state index in [0.29, 0.717) is 19.6 Å². The van der Waals surface area contributed by atoms with Gasteiger partial charge in [-0.1, -0.05) is 0 Å². The van der Waals surface area contributed by atoms with Crippen LogP contribution in [-0.2, 0) is 0 Å². The maximum atomic E-state index is 13.2. The molecule has 1 saturated heterocycles. The molecule has 0 aromatic heterocycles. The SMILES string of the molecule is CC1(C)CNCCN1C(=O)c1cc(F)ccc1O. The monoisotopic (exact) mass is 252 g/mol. The Balaban J connectivity index is 2.33. The molecule has 0 radical (unpaired) electrons. The van der Waals surface area contributed by atoms with E-state index in [1.165, 1.54) is 6.07 Å². The number of nitrogens with one attached hydrogen (secondary N) is 1. The summed E-state index contributed by atoms with van der Waals surface area (Å²) in [4.78, 5) is 14.0. The summed E-state index contributed by atoms with van der Waals surface area (Å²) in [6, 6.07) is 3.42. The summed E-state index contributed by atoms with van der Waals surface area (Å²) in [6.07, 6.45) is 0. The van der Waals surface area contributed by atoms with Crippen molar-refractivity contribution in [3.05, 3.63) is 29.6 Å². The summed E-state index contributed by atoms with van der Waals surface area (Å²) in [6.45, 7) is 5.79. The molecule has 0 saturated carbocycles. The predicted octanol–water partition coefficient (Wildman–Crippen LogP) is 1.36. The molecule has 4 nitrogen and oxygen atoms in total. The van der Waals surface area contributed by atoms with Crippen LogP contribution in [0.4, 0.5) is 4.39 Å². The van der Waals surface area contributed by atoms with Gasteiger partial charge < -0.3 is 15.3 Å². The van der Waals surface area contributed by atoms with Crippen molar-refractivity contribution >= 4 is 5.91 Å². The molecule has 0 spiro atoms. The maximum absolute atomic E-state index is 13.2. The minimum Gasteiger partial charge on any atom is -0.507 e. The predicted molar refractivity (Wildman–Crippen MR) is 66.1 cm³/mol. The van der Waals surface area contributed by atoms with Crippen LogP contribution < -0.4 is 5.32 Å². The molecule has 1 aliphatic rings. The van der Waals surface area contributed by atoms with Gasteiger partial charge in [0, 0.05) is 19.6 Å². The molecule has 1 amide bonds. The van der Waals surface area contributed by atoms with Crippen LogP contribution in [-0.4, -0.2) is 41.1 Å². The molecule has 1 aromatic carbocycles. The molecule has 0 atom stereocenters. The number of carbonyl (C=O) groups excluding carboxylic acids is 1. The van der Waals surface area contributed by atoms with Crippen molar-refractivity contribution in [3.63, 3.8) is 0 Å². The quantitative estimate of drug-likeness (QED) is 0.793. The Hall–Kier alpha value is -1.62. The van der Waals surface area contributed by atoms with E-state index in [4.69, 9.17) is 0 Å². The fraction of sp³-hybridized carbons (Fsp3) is 0.462. The summed E-state index contributed by atoms with van der Waals surface area (Å²) in [5, 5.41) is 12.9. The highest BCUT2D eigenvalue weighted by molar-refractivity contribution is 5.97. The zero-order chi connectivity index (χ0) is 13.3. The summed E-state index contributed by atoms with van der Waals surface area (Å²) >= 11 is 0. The van der Waals surface area contributed by atoms with E-state index in [-0.39, 0.29) is 22.8 Å². The normalized spacial score (nSPS) is 18.7. The van der Waals surface area contributed by atoms with E-state index in [1.807, 2.05) is 13.8 Å². The van der Waals surface area contributed by atoms with Crippen LogP contribution in [0.5, 0.6) is 5.75 Å². The van der Waals surface area contributed by atoms with Crippen molar-refractivity contribution in [3.8, 4) is 5.75 Å². The van der Waals surface area contributed by atoms with Crippen LogP contribution in [0.25, 0.3) is 0 Å². The Labute approximate surface area is 105 Å². The summed E-state index contributed by atoms with van der Waals surface area (Å²) in [7, 11) is 0. The average molecular weight is 252 g/mol. The number of benzene rings is 1. The van der Waals surface area contributed by atoms with Gasteiger partial charge in [0.25, 0.3) is 5.91 Å². The van der Waals surface area contributed by atoms with E-state index in [1.54, 1.807) is 4.90 Å². The summed E-state index contributed by atoms with van der Waals surface area (Å²) in [5.41, 5.74) is -0.335. The second kappa shape index (κ2) is 4.57. The molecule has 0 bridgehead atoms. The second-order valence-electron chi connectivity index (χ2n) is 5.11. The molecule has 0 unspecified atom stereocenters. The van der Waals surface area contributed by atoms with Gasteiger partial charge in [0.2, 0.25) is 0 Å². The molecule has 1 aromatic rings. The number of halogens is 1. The van der Waals surface area contributed by atoms with Gasteiger partial charge in [-0.25, -0.2) is 4.39 Å². The number of hydrogen-bond donors (Lipinski definition) is 2. The molecule has 1 fully saturated rings. The van der Waals surface area contributed by atoms with Gasteiger partial charge in [0.1, 0.15) is 11.6 Å². The highest BCUT2D eigenvalue weighted by Gasteiger charge is 2.34. The smallest absolute Gasteiger partial charge is 0.258 e. The number of phenols is 1. The largest absolute Gasteiger partial charge is 0.507 e. The third kappa shape index (κ3) is 2.31. The number of rotatable bonds is 1. The van der Waals surface area contributed by atoms with E-state index in [9.17, 15) is 14.3 Å². The van der Waals surface area contributed by atoms with Gasteiger partial charge in [-0.3, -0.25) is 4.79 Å². The van der Waals surface area contributed by atoms with Crippen molar-refractivity contribution in [2.24, 2.45) is 0 Å². The first-order chi connectivity index (χ1) is 8.42. The van der Waals surface area contributed by atoms with Crippen molar-refractivity contribution in [1.29, 1.82) is 0 Å². The van der Waals surface area contributed by atoms with E-state index < -0.39 is 5.82 Å². The van der Waals surface area contributed by atoms with Crippen molar-refractivity contribution in [2.45, 2.75) is 19.4 Å². The minimum atomic E-state index is -0.524. The maximum Gasteiger partial charge on any atom is 0.258 e. The lowest BCUT2D eigenvalue weighted by Gasteiger charge is -2.42. The lowest BCUT2D eigenvalue weighted by atomic mass is 9.98. The highest BCUT2D eigenvalue weighted by Crippen LogP contribution is 2.24. The molecule has 98 valence electrons. The first-order valence-electron chi connectivity index (χ1n) is 5.93. The fourth-order valence-electron chi connectivity index (χ4n) is 2.18.